The fraction of sp³-hybridized carbons (Fsp3) is 0.577. The van der Waals surface area contributed by atoms with Crippen LogP contribution in [0.2, 0.25) is 0 Å². The predicted octanol–water partition coefficient (Wildman–Crippen LogP) is 3.13. The van der Waals surface area contributed by atoms with Crippen molar-refractivity contribution in [2.45, 2.75) is 57.3 Å². The number of morpholine rings is 1. The number of benzene rings is 1. The van der Waals surface area contributed by atoms with Crippen LogP contribution in [0.15, 0.2) is 42.9 Å². The molecular formula is C26H35N5O3. The number of ether oxygens (including phenoxy) is 2. The van der Waals surface area contributed by atoms with Crippen LogP contribution in [0.1, 0.15) is 39.5 Å². The molecule has 1 aromatic heterocycles. The molecule has 182 valence electrons. The largest absolute Gasteiger partial charge is 0.490 e. The van der Waals surface area contributed by atoms with Crippen LogP contribution >= 0.6 is 0 Å². The van der Waals surface area contributed by atoms with Gasteiger partial charge in [-0.15, -0.1) is 0 Å². The Balaban J connectivity index is 1.15. The number of hydrogen-bond acceptors (Lipinski definition) is 7. The van der Waals surface area contributed by atoms with E-state index in [9.17, 15) is 4.79 Å². The van der Waals surface area contributed by atoms with Crippen LogP contribution in [0.3, 0.4) is 0 Å². The lowest BCUT2D eigenvalue weighted by Crippen LogP contribution is -2.59. The Morgan fingerprint density at radius 2 is 1.79 bits per heavy atom. The van der Waals surface area contributed by atoms with E-state index in [2.05, 4.69) is 57.9 Å². The van der Waals surface area contributed by atoms with Gasteiger partial charge in [0, 0.05) is 50.3 Å². The highest BCUT2D eigenvalue weighted by molar-refractivity contribution is 5.94. The van der Waals surface area contributed by atoms with Crippen molar-refractivity contribution in [2.75, 3.05) is 49.1 Å². The minimum Gasteiger partial charge on any atom is -0.490 e. The molecule has 0 bridgehead atoms. The zero-order chi connectivity index (χ0) is 23.5. The number of piperidine rings is 2. The van der Waals surface area contributed by atoms with E-state index in [0.717, 1.165) is 57.6 Å². The minimum atomic E-state index is -0.324. The lowest BCUT2D eigenvalue weighted by atomic mass is 9.89. The van der Waals surface area contributed by atoms with Gasteiger partial charge in [0.25, 0.3) is 5.91 Å². The number of likely N-dealkylation sites (tertiary alicyclic amines) is 1. The number of aromatic nitrogens is 2. The second kappa shape index (κ2) is 9.88. The third kappa shape index (κ3) is 5.03. The zero-order valence-electron chi connectivity index (χ0n) is 20.2. The Kier molecular flexibility index (Phi) is 6.70. The first-order valence-electron chi connectivity index (χ1n) is 12.5. The third-order valence-corrected chi connectivity index (χ3v) is 7.46. The maximum Gasteiger partial charge on any atom is 0.254 e. The van der Waals surface area contributed by atoms with Gasteiger partial charge in [-0.05, 0) is 63.8 Å². The average molecular weight is 466 g/mol. The zero-order valence-corrected chi connectivity index (χ0v) is 20.2. The van der Waals surface area contributed by atoms with Crippen LogP contribution in [0.4, 0.5) is 11.5 Å². The molecule has 0 radical (unpaired) electrons. The van der Waals surface area contributed by atoms with Crippen LogP contribution in [-0.2, 0) is 9.53 Å². The molecule has 1 amide bonds. The number of carbonyl (C=O) groups is 1. The number of nitrogens with zero attached hydrogens (tertiary/aromatic N) is 5. The van der Waals surface area contributed by atoms with Crippen molar-refractivity contribution in [1.29, 1.82) is 0 Å². The molecule has 1 spiro atoms. The molecule has 3 fully saturated rings. The Morgan fingerprint density at radius 3 is 2.44 bits per heavy atom. The molecule has 0 atom stereocenters. The van der Waals surface area contributed by atoms with E-state index in [4.69, 9.17) is 9.47 Å². The summed E-state index contributed by atoms with van der Waals surface area (Å²) in [6, 6.07) is 9.13. The molecular weight excluding hydrogens is 430 g/mol. The summed E-state index contributed by atoms with van der Waals surface area (Å²) in [5, 5.41) is 0. The van der Waals surface area contributed by atoms with Crippen molar-refractivity contribution in [2.24, 2.45) is 0 Å². The van der Waals surface area contributed by atoms with Gasteiger partial charge in [0.15, 0.2) is 5.82 Å². The quantitative estimate of drug-likeness (QED) is 0.672. The third-order valence-electron chi connectivity index (χ3n) is 7.46. The minimum absolute atomic E-state index is 0.0565. The monoisotopic (exact) mass is 465 g/mol. The SMILES string of the molecule is CC(C)N1CCC(Oc2ccc(N3CCC4(CC3)CN(c3cnccn3)C(=O)CO4)cc2)CC1. The van der Waals surface area contributed by atoms with Gasteiger partial charge in [0.05, 0.1) is 18.3 Å². The number of carbonyl (C=O) groups excluding carboxylic acids is 1. The summed E-state index contributed by atoms with van der Waals surface area (Å²) in [5.41, 5.74) is 0.880. The predicted molar refractivity (Wildman–Crippen MR) is 131 cm³/mol. The van der Waals surface area contributed by atoms with Crippen LogP contribution in [-0.4, -0.2) is 77.9 Å². The number of rotatable bonds is 5. The maximum absolute atomic E-state index is 12.4. The van der Waals surface area contributed by atoms with Gasteiger partial charge in [-0.2, -0.15) is 0 Å². The Labute approximate surface area is 201 Å². The summed E-state index contributed by atoms with van der Waals surface area (Å²) in [6.07, 6.45) is 9.09. The number of anilines is 2. The first-order chi connectivity index (χ1) is 16.5. The number of amides is 1. The highest BCUT2D eigenvalue weighted by atomic mass is 16.5. The average Bonchev–Trinajstić information content (AvgIpc) is 2.88. The van der Waals surface area contributed by atoms with Crippen LogP contribution < -0.4 is 14.5 Å². The lowest BCUT2D eigenvalue weighted by Gasteiger charge is -2.47. The summed E-state index contributed by atoms with van der Waals surface area (Å²) < 4.78 is 12.4. The summed E-state index contributed by atoms with van der Waals surface area (Å²) in [6.45, 7) is 9.13. The first kappa shape index (κ1) is 23.1. The van der Waals surface area contributed by atoms with Gasteiger partial charge in [-0.3, -0.25) is 14.7 Å². The molecule has 8 heteroatoms. The molecule has 0 N–H and O–H groups in total. The molecule has 8 nitrogen and oxygen atoms in total. The molecule has 4 heterocycles. The lowest BCUT2D eigenvalue weighted by molar-refractivity contribution is -0.141. The second-order valence-electron chi connectivity index (χ2n) is 9.94. The van der Waals surface area contributed by atoms with Crippen LogP contribution in [0, 0.1) is 0 Å². The van der Waals surface area contributed by atoms with Crippen molar-refractivity contribution in [1.82, 2.24) is 14.9 Å². The van der Waals surface area contributed by atoms with E-state index >= 15 is 0 Å². The molecule has 3 aliphatic rings. The Hall–Kier alpha value is -2.71. The van der Waals surface area contributed by atoms with E-state index < -0.39 is 0 Å². The fourth-order valence-electron chi connectivity index (χ4n) is 5.27. The van der Waals surface area contributed by atoms with Crippen molar-refractivity contribution in [3.8, 4) is 5.75 Å². The van der Waals surface area contributed by atoms with Gasteiger partial charge < -0.3 is 19.3 Å². The molecule has 2 aromatic rings. The first-order valence-corrected chi connectivity index (χ1v) is 12.5. The van der Waals surface area contributed by atoms with Gasteiger partial charge >= 0.3 is 0 Å². The highest BCUT2D eigenvalue weighted by Crippen LogP contribution is 2.34. The van der Waals surface area contributed by atoms with Crippen molar-refractivity contribution in [3.05, 3.63) is 42.9 Å². The Morgan fingerprint density at radius 1 is 1.06 bits per heavy atom. The molecule has 3 saturated heterocycles. The summed E-state index contributed by atoms with van der Waals surface area (Å²) in [7, 11) is 0. The molecule has 0 unspecified atom stereocenters. The second-order valence-corrected chi connectivity index (χ2v) is 9.94. The smallest absolute Gasteiger partial charge is 0.254 e. The van der Waals surface area contributed by atoms with E-state index in [1.807, 2.05) is 0 Å². The highest BCUT2D eigenvalue weighted by Gasteiger charge is 2.43. The fourth-order valence-corrected chi connectivity index (χ4v) is 5.27. The van der Waals surface area contributed by atoms with Crippen molar-refractivity contribution in [3.63, 3.8) is 0 Å². The topological polar surface area (TPSA) is 71.0 Å². The van der Waals surface area contributed by atoms with E-state index in [-0.39, 0.29) is 18.1 Å². The summed E-state index contributed by atoms with van der Waals surface area (Å²) in [5.74, 6) is 1.50. The van der Waals surface area contributed by atoms with Gasteiger partial charge in [-0.1, -0.05) is 0 Å². The van der Waals surface area contributed by atoms with Gasteiger partial charge in [-0.25, -0.2) is 4.98 Å². The molecule has 5 rings (SSSR count). The normalized spacial score (nSPS) is 21.9. The Bertz CT molecular complexity index is 952. The van der Waals surface area contributed by atoms with Crippen LogP contribution in [0.25, 0.3) is 0 Å². The van der Waals surface area contributed by atoms with Crippen molar-refractivity contribution < 1.29 is 14.3 Å². The van der Waals surface area contributed by atoms with Gasteiger partial charge in [0.1, 0.15) is 18.5 Å². The van der Waals surface area contributed by atoms with Crippen LogP contribution in [0.5, 0.6) is 5.75 Å². The molecule has 3 aliphatic heterocycles. The maximum atomic E-state index is 12.4. The number of hydrogen-bond donors (Lipinski definition) is 0. The van der Waals surface area contributed by atoms with Gasteiger partial charge in [0.2, 0.25) is 0 Å². The summed E-state index contributed by atoms with van der Waals surface area (Å²) in [4.78, 5) is 27.5. The van der Waals surface area contributed by atoms with Crippen molar-refractivity contribution >= 4 is 17.4 Å². The van der Waals surface area contributed by atoms with E-state index in [0.29, 0.717) is 24.5 Å². The molecule has 1 aromatic carbocycles. The molecule has 34 heavy (non-hydrogen) atoms. The van der Waals surface area contributed by atoms with E-state index in [1.165, 1.54) is 5.69 Å². The molecule has 0 aliphatic carbocycles. The molecule has 0 saturated carbocycles. The van der Waals surface area contributed by atoms with E-state index in [1.54, 1.807) is 23.5 Å². The standard InChI is InChI=1S/C26H35N5O3/c1-20(2)29-13-7-23(8-14-29)34-22-5-3-21(4-6-22)30-15-9-26(10-16-30)19-31(25(32)18-33-26)24-17-27-11-12-28-24/h3-6,11-12,17,20,23H,7-10,13-16,18-19H2,1-2H3. The summed E-state index contributed by atoms with van der Waals surface area (Å²) >= 11 is 0.